The van der Waals surface area contributed by atoms with Crippen molar-refractivity contribution in [2.75, 3.05) is 13.2 Å². The number of aliphatic carboxylic acids is 2. The maximum absolute atomic E-state index is 10.2. The van der Waals surface area contributed by atoms with Crippen LogP contribution in [-0.2, 0) is 36.9 Å². The van der Waals surface area contributed by atoms with Crippen LogP contribution in [-0.4, -0.2) is 158 Å². The van der Waals surface area contributed by atoms with Crippen molar-refractivity contribution in [1.82, 2.24) is 0 Å². The Morgan fingerprint density at radius 3 is 0.871 bits per heavy atom. The number of hydrogen-bond acceptors (Lipinski definition) is 14. The Kier molecular flexibility index (Phi) is 19.1. The van der Waals surface area contributed by atoms with Crippen LogP contribution >= 0.6 is 0 Å². The maximum atomic E-state index is 10.2. The summed E-state index contributed by atoms with van der Waals surface area (Å²) in [5.74, 6) is -3.57. The van der Waals surface area contributed by atoms with Crippen LogP contribution in [0.1, 0.15) is 0 Å². The molecular weight excluding hydrogens is 537 g/mol. The van der Waals surface area contributed by atoms with E-state index in [0.717, 1.165) is 0 Å². The van der Waals surface area contributed by atoms with Crippen LogP contribution in [0.5, 0.6) is 0 Å². The van der Waals surface area contributed by atoms with Crippen LogP contribution in [0.15, 0.2) is 0 Å². The van der Waals surface area contributed by atoms with Gasteiger partial charge in [-0.2, -0.15) is 0 Å². The van der Waals surface area contributed by atoms with E-state index >= 15 is 0 Å². The molecule has 0 aromatic rings. The van der Waals surface area contributed by atoms with Crippen molar-refractivity contribution < 1.29 is 108 Å². The average molecular weight is 565 g/mol. The zero-order chi connectivity index (χ0) is 24.3. The van der Waals surface area contributed by atoms with Crippen molar-refractivity contribution in [2.45, 2.75) is 61.0 Å². The van der Waals surface area contributed by atoms with Gasteiger partial charge >= 0.3 is 11.9 Å². The van der Waals surface area contributed by atoms with E-state index in [1.807, 2.05) is 0 Å². The van der Waals surface area contributed by atoms with Gasteiger partial charge < -0.3 is 71.5 Å². The van der Waals surface area contributed by atoms with Crippen LogP contribution in [0.3, 0.4) is 0 Å². The van der Waals surface area contributed by atoms with Crippen molar-refractivity contribution in [3.05, 3.63) is 0 Å². The molecule has 0 aliphatic heterocycles. The third kappa shape index (κ3) is 11.7. The van der Waals surface area contributed by atoms with Gasteiger partial charge in [0.1, 0.15) is 48.8 Å². The second kappa shape index (κ2) is 16.9. The molecular formula is C14H28CdO16. The summed E-state index contributed by atoms with van der Waals surface area (Å²) in [4.78, 5) is 20.4. The molecule has 0 aliphatic carbocycles. The van der Waals surface area contributed by atoms with Crippen molar-refractivity contribution in [3.8, 4) is 0 Å². The molecule has 0 aromatic heterocycles. The summed E-state index contributed by atoms with van der Waals surface area (Å²) in [6.45, 7) is -1.76. The molecule has 0 saturated heterocycles. The molecule has 0 spiro atoms. The van der Waals surface area contributed by atoms with Gasteiger partial charge in [0.05, 0.1) is 13.2 Å². The Balaban J connectivity index is -0.000000490. The predicted molar refractivity (Wildman–Crippen MR) is 89.5 cm³/mol. The van der Waals surface area contributed by atoms with Gasteiger partial charge in [-0.1, -0.05) is 0 Å². The summed E-state index contributed by atoms with van der Waals surface area (Å²) < 4.78 is 0. The maximum Gasteiger partial charge on any atom is 0.335 e. The number of aliphatic hydroxyl groups excluding tert-OH is 12. The Bertz CT molecular complexity index is 465. The number of carbonyl (C=O) groups is 2. The summed E-state index contributed by atoms with van der Waals surface area (Å²) in [5.41, 5.74) is 0. The van der Waals surface area contributed by atoms with E-state index in [2.05, 4.69) is 0 Å². The number of carboxylic acid groups (broad SMARTS) is 2. The van der Waals surface area contributed by atoms with E-state index in [1.165, 1.54) is 0 Å². The minimum Gasteiger partial charge on any atom is -0.479 e. The molecule has 0 rings (SSSR count). The van der Waals surface area contributed by atoms with Crippen molar-refractivity contribution in [2.24, 2.45) is 0 Å². The second-order valence-electron chi connectivity index (χ2n) is 6.01. The van der Waals surface area contributed by atoms with Gasteiger partial charge in [-0.15, -0.1) is 0 Å². The molecule has 0 aliphatic rings. The fourth-order valence-corrected chi connectivity index (χ4v) is 1.74. The van der Waals surface area contributed by atoms with E-state index in [0.29, 0.717) is 0 Å². The monoisotopic (exact) mass is 566 g/mol. The largest absolute Gasteiger partial charge is 0.479 e. The molecule has 31 heavy (non-hydrogen) atoms. The summed E-state index contributed by atoms with van der Waals surface area (Å²) in [6, 6.07) is 0. The second-order valence-corrected chi connectivity index (χ2v) is 6.01. The molecule has 0 radical (unpaired) electrons. The van der Waals surface area contributed by atoms with Crippen LogP contribution in [0, 0.1) is 0 Å². The van der Waals surface area contributed by atoms with Crippen molar-refractivity contribution in [1.29, 1.82) is 0 Å². The Morgan fingerprint density at radius 2 is 0.710 bits per heavy atom. The average Bonchev–Trinajstić information content (AvgIpc) is 2.73. The number of aliphatic hydroxyl groups is 12. The van der Waals surface area contributed by atoms with Gasteiger partial charge in [-0.3, -0.25) is 0 Å². The first-order valence-corrected chi connectivity index (χ1v) is 8.13. The molecule has 0 saturated carbocycles. The first kappa shape index (κ1) is 35.0. The Hall–Kier alpha value is -0.618. The van der Waals surface area contributed by atoms with Crippen molar-refractivity contribution >= 4 is 11.9 Å². The first-order chi connectivity index (χ1) is 13.6. The molecule has 0 fully saturated rings. The van der Waals surface area contributed by atoms with Crippen molar-refractivity contribution in [3.63, 3.8) is 0 Å². The Labute approximate surface area is 194 Å². The smallest absolute Gasteiger partial charge is 0.335 e. The van der Waals surface area contributed by atoms with Crippen LogP contribution in [0.25, 0.3) is 0 Å². The zero-order valence-electron chi connectivity index (χ0n) is 16.0. The number of hydrogen-bond donors (Lipinski definition) is 14. The summed E-state index contributed by atoms with van der Waals surface area (Å²) in [5, 5.41) is 123. The molecule has 0 heterocycles. The molecule has 10 atom stereocenters. The minimum atomic E-state index is -2.29. The Morgan fingerprint density at radius 1 is 0.484 bits per heavy atom. The molecule has 0 amide bonds. The molecule has 0 bridgehead atoms. The van der Waals surface area contributed by atoms with E-state index in [4.69, 9.17) is 71.5 Å². The summed E-state index contributed by atoms with van der Waals surface area (Å²) >= 11 is 0. The van der Waals surface area contributed by atoms with Gasteiger partial charge in [0.2, 0.25) is 0 Å². The van der Waals surface area contributed by atoms with E-state index in [1.54, 1.807) is 0 Å². The summed E-state index contributed by atoms with van der Waals surface area (Å²) in [7, 11) is 0. The van der Waals surface area contributed by atoms with Crippen LogP contribution in [0.4, 0.5) is 0 Å². The van der Waals surface area contributed by atoms with Gasteiger partial charge in [-0.05, 0) is 0 Å². The standard InChI is InChI=1S/2C7H14O8.Cd/c2*8-1-2(9)3(10)4(11)5(12)6(13)7(14)15;/h2*2-6,8-13H,1H2,(H,14,15);/t2*2-,3-,4+,5-,6+;/m11./s1. The van der Waals surface area contributed by atoms with Crippen LogP contribution < -0.4 is 0 Å². The van der Waals surface area contributed by atoms with Gasteiger partial charge in [0.15, 0.2) is 12.2 Å². The SMILES string of the molecule is O=C(O)[C@@H](O)[C@H](O)[C@@H](O)[C@H](O)[C@H](O)CO.O=C(O)[C@@H](O)[C@H](O)[C@@H](O)[C@H](O)[C@H](O)CO.[Cd]. The molecule has 14 N–H and O–H groups in total. The normalized spacial score (nSPS) is 20.8. The predicted octanol–water partition coefficient (Wildman–Crippen LogP) is -8.27. The zero-order valence-corrected chi connectivity index (χ0v) is 20.0. The third-order valence-corrected chi connectivity index (χ3v) is 3.72. The van der Waals surface area contributed by atoms with Gasteiger partial charge in [-0.25, -0.2) is 9.59 Å². The third-order valence-electron chi connectivity index (χ3n) is 3.72. The molecule has 0 unspecified atom stereocenters. The topological polar surface area (TPSA) is 317 Å². The fourth-order valence-electron chi connectivity index (χ4n) is 1.74. The minimum absolute atomic E-state index is 0. The summed E-state index contributed by atoms with van der Waals surface area (Å²) in [6.07, 6.45) is -20.5. The molecule has 182 valence electrons. The van der Waals surface area contributed by atoms with Gasteiger partial charge in [0.25, 0.3) is 0 Å². The molecule has 17 heteroatoms. The number of carboxylic acids is 2. The van der Waals surface area contributed by atoms with Gasteiger partial charge in [0, 0.05) is 27.3 Å². The van der Waals surface area contributed by atoms with E-state index in [-0.39, 0.29) is 27.3 Å². The van der Waals surface area contributed by atoms with E-state index < -0.39 is 86.2 Å². The molecule has 0 aromatic carbocycles. The molecule has 16 nitrogen and oxygen atoms in total. The first-order valence-electron chi connectivity index (χ1n) is 8.13. The fraction of sp³-hybridized carbons (Fsp3) is 0.857. The number of rotatable bonds is 12. The van der Waals surface area contributed by atoms with E-state index in [9.17, 15) is 9.59 Å². The quantitative estimate of drug-likeness (QED) is 0.0978. The van der Waals surface area contributed by atoms with Crippen LogP contribution in [0.2, 0.25) is 0 Å².